The lowest BCUT2D eigenvalue weighted by Crippen LogP contribution is -2.30. The van der Waals surface area contributed by atoms with E-state index in [1.165, 1.54) is 6.07 Å². The Bertz CT molecular complexity index is 1340. The zero-order valence-electron chi connectivity index (χ0n) is 17.3. The predicted octanol–water partition coefficient (Wildman–Crippen LogP) is 2.69. The highest BCUT2D eigenvalue weighted by atomic mass is 32.2. The maximum absolute atomic E-state index is 12.8. The Morgan fingerprint density at radius 3 is 2.24 bits per heavy atom. The molecule has 3 rings (SSSR count). The minimum absolute atomic E-state index is 0.174. The number of benzene rings is 2. The Kier molecular flexibility index (Phi) is 7.26. The fourth-order valence-electron chi connectivity index (χ4n) is 2.94. The van der Waals surface area contributed by atoms with Gasteiger partial charge in [0.05, 0.1) is 33.6 Å². The molecule has 1 aromatic heterocycles. The zero-order valence-corrected chi connectivity index (χ0v) is 19.0. The van der Waals surface area contributed by atoms with Crippen molar-refractivity contribution in [3.8, 4) is 0 Å². The van der Waals surface area contributed by atoms with Gasteiger partial charge in [0, 0.05) is 25.0 Å². The van der Waals surface area contributed by atoms with Gasteiger partial charge in [-0.15, -0.1) is 0 Å². The second kappa shape index (κ2) is 9.63. The first-order chi connectivity index (χ1) is 15.4. The van der Waals surface area contributed by atoms with E-state index in [0.29, 0.717) is 41.8 Å². The Morgan fingerprint density at radius 2 is 1.61 bits per heavy atom. The number of fused-ring (bicyclic) bond motifs is 1. The van der Waals surface area contributed by atoms with Gasteiger partial charge in [-0.2, -0.15) is 13.2 Å². The molecule has 0 saturated heterocycles. The summed E-state index contributed by atoms with van der Waals surface area (Å²) >= 11 is 0. The van der Waals surface area contributed by atoms with E-state index in [1.807, 2.05) is 0 Å². The van der Waals surface area contributed by atoms with E-state index in [9.17, 15) is 30.0 Å². The van der Waals surface area contributed by atoms with Crippen LogP contribution < -0.4 is 14.8 Å². The Morgan fingerprint density at radius 1 is 0.909 bits per heavy atom. The van der Waals surface area contributed by atoms with E-state index in [1.54, 1.807) is 24.3 Å². The van der Waals surface area contributed by atoms with Crippen LogP contribution in [0.1, 0.15) is 11.3 Å². The third-order valence-electron chi connectivity index (χ3n) is 4.49. The van der Waals surface area contributed by atoms with Crippen LogP contribution in [0.25, 0.3) is 10.9 Å². The molecule has 0 radical (unpaired) electrons. The maximum Gasteiger partial charge on any atom is 0.416 e. The topological polar surface area (TPSA) is 117 Å². The lowest BCUT2D eigenvalue weighted by molar-refractivity contribution is -0.137. The standard InChI is InChI=1S/C20H21F3N4O4S2/c1-32(28,29)25-12-11-24-13-16-8-5-14-3-2-4-18(19(14)26-16)27-33(30,31)17-9-6-15(7-10-17)20(21,22)23/h2-10,24-25,27H,11-13H2,1H3. The van der Waals surface area contributed by atoms with E-state index in [2.05, 4.69) is 19.7 Å². The van der Waals surface area contributed by atoms with Crippen molar-refractivity contribution in [1.82, 2.24) is 15.0 Å². The molecule has 13 heteroatoms. The van der Waals surface area contributed by atoms with Gasteiger partial charge in [0.1, 0.15) is 0 Å². The minimum Gasteiger partial charge on any atom is -0.310 e. The SMILES string of the molecule is CS(=O)(=O)NCCNCc1ccc2cccc(NS(=O)(=O)c3ccc(C(F)(F)F)cc3)c2n1. The number of rotatable bonds is 9. The molecule has 0 aliphatic heterocycles. The van der Waals surface area contributed by atoms with Crippen LogP contribution >= 0.6 is 0 Å². The highest BCUT2D eigenvalue weighted by Crippen LogP contribution is 2.30. The molecule has 3 aromatic rings. The van der Waals surface area contributed by atoms with E-state index in [0.717, 1.165) is 18.4 Å². The quantitative estimate of drug-likeness (QED) is 0.388. The average Bonchev–Trinajstić information content (AvgIpc) is 2.72. The van der Waals surface area contributed by atoms with E-state index in [-0.39, 0.29) is 17.1 Å². The minimum atomic E-state index is -4.57. The van der Waals surface area contributed by atoms with E-state index >= 15 is 0 Å². The summed E-state index contributed by atoms with van der Waals surface area (Å²) in [5.74, 6) is 0. The van der Waals surface area contributed by atoms with Crippen LogP contribution in [0.5, 0.6) is 0 Å². The zero-order chi connectivity index (χ0) is 24.3. The van der Waals surface area contributed by atoms with Crippen LogP contribution in [0.4, 0.5) is 18.9 Å². The van der Waals surface area contributed by atoms with Gasteiger partial charge in [0.25, 0.3) is 10.0 Å². The lowest BCUT2D eigenvalue weighted by Gasteiger charge is -2.12. The molecule has 0 saturated carbocycles. The first-order valence-corrected chi connectivity index (χ1v) is 13.0. The van der Waals surface area contributed by atoms with Crippen molar-refractivity contribution in [3.05, 3.63) is 65.9 Å². The fourth-order valence-corrected chi connectivity index (χ4v) is 4.48. The Hall–Kier alpha value is -2.74. The lowest BCUT2D eigenvalue weighted by atomic mass is 10.2. The molecule has 0 unspecified atom stereocenters. The first kappa shape index (κ1) is 24.9. The van der Waals surface area contributed by atoms with Gasteiger partial charge in [-0.3, -0.25) is 4.72 Å². The summed E-state index contributed by atoms with van der Waals surface area (Å²) in [6.07, 6.45) is -3.51. The van der Waals surface area contributed by atoms with Crippen LogP contribution in [0.2, 0.25) is 0 Å². The number of para-hydroxylation sites is 1. The number of nitrogens with zero attached hydrogens (tertiary/aromatic N) is 1. The molecule has 0 amide bonds. The largest absolute Gasteiger partial charge is 0.416 e. The molecule has 8 nitrogen and oxygen atoms in total. The normalized spacial score (nSPS) is 12.7. The Balaban J connectivity index is 1.77. The van der Waals surface area contributed by atoms with Crippen LogP contribution in [0, 0.1) is 0 Å². The summed E-state index contributed by atoms with van der Waals surface area (Å²) in [5.41, 5.74) is 0.176. The molecule has 0 spiro atoms. The van der Waals surface area contributed by atoms with Gasteiger partial charge in [0.15, 0.2) is 0 Å². The molecule has 0 bridgehead atoms. The van der Waals surface area contributed by atoms with Crippen LogP contribution in [-0.4, -0.2) is 41.2 Å². The fraction of sp³-hybridized carbons (Fsp3) is 0.250. The van der Waals surface area contributed by atoms with Crippen molar-refractivity contribution in [2.75, 3.05) is 24.1 Å². The number of aromatic nitrogens is 1. The van der Waals surface area contributed by atoms with E-state index < -0.39 is 31.8 Å². The van der Waals surface area contributed by atoms with Gasteiger partial charge in [-0.1, -0.05) is 18.2 Å². The second-order valence-corrected chi connectivity index (χ2v) is 10.7. The summed E-state index contributed by atoms with van der Waals surface area (Å²) in [5, 5.41) is 3.69. The van der Waals surface area contributed by atoms with Gasteiger partial charge in [0.2, 0.25) is 10.0 Å². The van der Waals surface area contributed by atoms with Gasteiger partial charge in [-0.05, 0) is 36.4 Å². The highest BCUT2D eigenvalue weighted by Gasteiger charge is 2.30. The van der Waals surface area contributed by atoms with Crippen LogP contribution in [0.3, 0.4) is 0 Å². The molecule has 2 aromatic carbocycles. The summed E-state index contributed by atoms with van der Waals surface area (Å²) < 4.78 is 90.6. The number of nitrogens with one attached hydrogen (secondary N) is 3. The van der Waals surface area contributed by atoms with Crippen LogP contribution in [-0.2, 0) is 32.8 Å². The van der Waals surface area contributed by atoms with E-state index in [4.69, 9.17) is 0 Å². The molecule has 0 fully saturated rings. The number of hydrogen-bond acceptors (Lipinski definition) is 6. The molecule has 0 aliphatic rings. The smallest absolute Gasteiger partial charge is 0.310 e. The molecular formula is C20H21F3N4O4S2. The molecule has 3 N–H and O–H groups in total. The van der Waals surface area contributed by atoms with Gasteiger partial charge >= 0.3 is 6.18 Å². The number of pyridine rings is 1. The van der Waals surface area contributed by atoms with Crippen molar-refractivity contribution in [2.24, 2.45) is 0 Å². The monoisotopic (exact) mass is 502 g/mol. The number of anilines is 1. The second-order valence-electron chi connectivity index (χ2n) is 7.15. The van der Waals surface area contributed by atoms with Crippen molar-refractivity contribution in [3.63, 3.8) is 0 Å². The molecule has 0 atom stereocenters. The molecule has 1 heterocycles. The molecular weight excluding hydrogens is 481 g/mol. The maximum atomic E-state index is 12.8. The summed E-state index contributed by atoms with van der Waals surface area (Å²) in [6, 6.07) is 11.6. The first-order valence-electron chi connectivity index (χ1n) is 9.59. The van der Waals surface area contributed by atoms with Gasteiger partial charge in [-0.25, -0.2) is 26.5 Å². The number of alkyl halides is 3. The molecule has 178 valence electrons. The van der Waals surface area contributed by atoms with Crippen molar-refractivity contribution >= 4 is 36.6 Å². The molecule has 33 heavy (non-hydrogen) atoms. The number of sulfonamides is 2. The summed E-state index contributed by atoms with van der Waals surface area (Å²) in [4.78, 5) is 4.15. The number of hydrogen-bond donors (Lipinski definition) is 3. The van der Waals surface area contributed by atoms with Crippen molar-refractivity contribution in [1.29, 1.82) is 0 Å². The van der Waals surface area contributed by atoms with Gasteiger partial charge < -0.3 is 5.32 Å². The summed E-state index contributed by atoms with van der Waals surface area (Å²) in [7, 11) is -7.44. The third-order valence-corrected chi connectivity index (χ3v) is 6.60. The van der Waals surface area contributed by atoms with Crippen molar-refractivity contribution < 1.29 is 30.0 Å². The molecule has 0 aliphatic carbocycles. The number of halogens is 3. The Labute approximate surface area is 189 Å². The third kappa shape index (κ3) is 6.87. The summed E-state index contributed by atoms with van der Waals surface area (Å²) in [6.45, 7) is 0.862. The highest BCUT2D eigenvalue weighted by molar-refractivity contribution is 7.92. The predicted molar refractivity (Wildman–Crippen MR) is 119 cm³/mol. The average molecular weight is 503 g/mol. The van der Waals surface area contributed by atoms with Crippen molar-refractivity contribution in [2.45, 2.75) is 17.6 Å². The van der Waals surface area contributed by atoms with Crippen LogP contribution in [0.15, 0.2) is 59.5 Å².